The van der Waals surface area contributed by atoms with Gasteiger partial charge in [0.05, 0.1) is 11.3 Å². The molecule has 1 aromatic carbocycles. The summed E-state index contributed by atoms with van der Waals surface area (Å²) in [5.41, 5.74) is 6.89. The highest BCUT2D eigenvalue weighted by atomic mass is 16.2. The zero-order valence-corrected chi connectivity index (χ0v) is 17.7. The molecule has 0 aliphatic heterocycles. The minimum atomic E-state index is -1.10. The number of pyridine rings is 1. The van der Waals surface area contributed by atoms with Gasteiger partial charge in [-0.1, -0.05) is 51.1 Å². The maximum absolute atomic E-state index is 13.1. The van der Waals surface area contributed by atoms with E-state index in [2.05, 4.69) is 15.4 Å². The van der Waals surface area contributed by atoms with Crippen molar-refractivity contribution in [2.45, 2.75) is 38.6 Å². The van der Waals surface area contributed by atoms with E-state index in [0.717, 1.165) is 11.3 Å². The van der Waals surface area contributed by atoms with Gasteiger partial charge in [-0.3, -0.25) is 14.4 Å². The van der Waals surface area contributed by atoms with Gasteiger partial charge in [0.1, 0.15) is 6.04 Å². The lowest BCUT2D eigenvalue weighted by atomic mass is 9.93. The first-order valence-corrected chi connectivity index (χ1v) is 9.87. The van der Waals surface area contributed by atoms with Crippen molar-refractivity contribution in [1.82, 2.24) is 20.1 Å². The second-order valence-electron chi connectivity index (χ2n) is 8.21. The van der Waals surface area contributed by atoms with Gasteiger partial charge in [0.15, 0.2) is 5.82 Å². The third-order valence-electron chi connectivity index (χ3n) is 4.75. The lowest BCUT2D eigenvalue weighted by Gasteiger charge is -2.17. The molecule has 3 rings (SSSR count). The number of benzene rings is 1. The number of nitrogens with zero attached hydrogens (tertiary/aromatic N) is 3. The first-order chi connectivity index (χ1) is 14.7. The zero-order valence-electron chi connectivity index (χ0n) is 17.7. The molecule has 3 aromatic rings. The van der Waals surface area contributed by atoms with Gasteiger partial charge in [0.2, 0.25) is 5.78 Å². The summed E-state index contributed by atoms with van der Waals surface area (Å²) in [5.74, 6) is -2.20. The van der Waals surface area contributed by atoms with Crippen LogP contribution in [0.25, 0.3) is 5.82 Å². The van der Waals surface area contributed by atoms with E-state index in [1.54, 1.807) is 36.7 Å². The van der Waals surface area contributed by atoms with Gasteiger partial charge >= 0.3 is 0 Å². The van der Waals surface area contributed by atoms with E-state index in [0.29, 0.717) is 5.82 Å². The fourth-order valence-electron chi connectivity index (χ4n) is 3.07. The summed E-state index contributed by atoms with van der Waals surface area (Å²) in [7, 11) is 0. The average Bonchev–Trinajstić information content (AvgIpc) is 3.24. The molecule has 8 heteroatoms. The molecule has 0 spiro atoms. The number of amides is 2. The van der Waals surface area contributed by atoms with Crippen LogP contribution >= 0.6 is 0 Å². The largest absolute Gasteiger partial charge is 0.363 e. The highest BCUT2D eigenvalue weighted by Crippen LogP contribution is 2.21. The number of nitrogens with two attached hydrogens (primary N) is 1. The molecule has 0 aliphatic rings. The molecule has 0 bridgehead atoms. The fourth-order valence-corrected chi connectivity index (χ4v) is 3.07. The Balaban J connectivity index is 1.90. The molecule has 0 aliphatic carbocycles. The molecular weight excluding hydrogens is 394 g/mol. The number of carbonyl (C=O) groups excluding carboxylic acids is 3. The first-order valence-electron chi connectivity index (χ1n) is 9.87. The standard InChI is InChI=1S/C23H25N5O3/c1-23(2,3)18-11-13-28(27-18)21-16(10-7-12-25-21)22(31)26-17(19(29)20(24)30)14-15-8-5-4-6-9-15/h4-13,17H,14H2,1-3H3,(H2,24,30)(H,26,31). The molecule has 2 amide bonds. The number of Topliss-reactive ketones (excluding diaryl/α,β-unsaturated/α-hetero) is 1. The number of rotatable bonds is 7. The van der Waals surface area contributed by atoms with Crippen molar-refractivity contribution in [3.05, 3.63) is 77.7 Å². The van der Waals surface area contributed by atoms with Crippen molar-refractivity contribution in [1.29, 1.82) is 0 Å². The summed E-state index contributed by atoms with van der Waals surface area (Å²) in [6, 6.07) is 13.1. The van der Waals surface area contributed by atoms with Crippen LogP contribution in [0.2, 0.25) is 0 Å². The van der Waals surface area contributed by atoms with Crippen molar-refractivity contribution in [2.75, 3.05) is 0 Å². The maximum Gasteiger partial charge on any atom is 0.287 e. The molecular formula is C23H25N5O3. The number of ketones is 1. The number of hydrogen-bond acceptors (Lipinski definition) is 5. The highest BCUT2D eigenvalue weighted by molar-refractivity contribution is 6.38. The lowest BCUT2D eigenvalue weighted by Crippen LogP contribution is -2.47. The Morgan fingerprint density at radius 3 is 2.39 bits per heavy atom. The Hall–Kier alpha value is -3.81. The van der Waals surface area contributed by atoms with Gasteiger partial charge < -0.3 is 11.1 Å². The van der Waals surface area contributed by atoms with Gasteiger partial charge in [-0.25, -0.2) is 9.67 Å². The number of carbonyl (C=O) groups is 3. The predicted octanol–water partition coefficient (Wildman–Crippen LogP) is 1.96. The number of aromatic nitrogens is 3. The van der Waals surface area contributed by atoms with Crippen LogP contribution in [0, 0.1) is 0 Å². The summed E-state index contributed by atoms with van der Waals surface area (Å²) in [5, 5.41) is 7.18. The summed E-state index contributed by atoms with van der Waals surface area (Å²) in [6.07, 6.45) is 3.43. The molecule has 2 heterocycles. The average molecular weight is 419 g/mol. The molecule has 31 heavy (non-hydrogen) atoms. The van der Waals surface area contributed by atoms with Crippen LogP contribution in [-0.2, 0) is 21.4 Å². The monoisotopic (exact) mass is 419 g/mol. The van der Waals surface area contributed by atoms with Crippen LogP contribution in [0.4, 0.5) is 0 Å². The molecule has 0 saturated heterocycles. The summed E-state index contributed by atoms with van der Waals surface area (Å²) in [4.78, 5) is 41.3. The number of nitrogens with one attached hydrogen (secondary N) is 1. The van der Waals surface area contributed by atoms with E-state index in [1.165, 1.54) is 4.68 Å². The van der Waals surface area contributed by atoms with Gasteiger partial charge in [-0.15, -0.1) is 0 Å². The molecule has 0 radical (unpaired) electrons. The van der Waals surface area contributed by atoms with Crippen molar-refractivity contribution in [3.8, 4) is 5.82 Å². The number of hydrogen-bond donors (Lipinski definition) is 2. The van der Waals surface area contributed by atoms with Crippen LogP contribution in [0.5, 0.6) is 0 Å². The third-order valence-corrected chi connectivity index (χ3v) is 4.75. The van der Waals surface area contributed by atoms with Crippen LogP contribution in [0.3, 0.4) is 0 Å². The van der Waals surface area contributed by atoms with E-state index in [9.17, 15) is 14.4 Å². The Labute approximate surface area is 180 Å². The van der Waals surface area contributed by atoms with Gasteiger partial charge in [-0.2, -0.15) is 5.10 Å². The topological polar surface area (TPSA) is 120 Å². The Morgan fingerprint density at radius 2 is 1.77 bits per heavy atom. The predicted molar refractivity (Wildman–Crippen MR) is 116 cm³/mol. The quantitative estimate of drug-likeness (QED) is 0.567. The van der Waals surface area contributed by atoms with Crippen LogP contribution < -0.4 is 11.1 Å². The summed E-state index contributed by atoms with van der Waals surface area (Å²) in [6.45, 7) is 6.11. The van der Waals surface area contributed by atoms with Crippen molar-refractivity contribution >= 4 is 17.6 Å². The van der Waals surface area contributed by atoms with E-state index in [-0.39, 0.29) is 17.4 Å². The first kappa shape index (κ1) is 21.9. The van der Waals surface area contributed by atoms with Gasteiger partial charge in [0.25, 0.3) is 11.8 Å². The van der Waals surface area contributed by atoms with Crippen molar-refractivity contribution in [2.24, 2.45) is 5.73 Å². The minimum absolute atomic E-state index is 0.139. The molecule has 2 aromatic heterocycles. The molecule has 1 unspecified atom stereocenters. The minimum Gasteiger partial charge on any atom is -0.363 e. The Morgan fingerprint density at radius 1 is 1.06 bits per heavy atom. The smallest absolute Gasteiger partial charge is 0.287 e. The maximum atomic E-state index is 13.1. The molecule has 160 valence electrons. The molecule has 8 nitrogen and oxygen atoms in total. The van der Waals surface area contributed by atoms with Crippen molar-refractivity contribution in [3.63, 3.8) is 0 Å². The number of primary amides is 1. The molecule has 0 fully saturated rings. The SMILES string of the molecule is CC(C)(C)c1ccn(-c2ncccc2C(=O)NC(Cc2ccccc2)C(=O)C(N)=O)n1. The van der Waals surface area contributed by atoms with E-state index in [1.807, 2.05) is 45.0 Å². The van der Waals surface area contributed by atoms with Gasteiger partial charge in [0, 0.05) is 24.2 Å². The van der Waals surface area contributed by atoms with Crippen molar-refractivity contribution < 1.29 is 14.4 Å². The van der Waals surface area contributed by atoms with Crippen LogP contribution in [0.1, 0.15) is 42.4 Å². The van der Waals surface area contributed by atoms with Crippen LogP contribution in [0.15, 0.2) is 60.9 Å². The van der Waals surface area contributed by atoms with E-state index in [4.69, 9.17) is 5.73 Å². The Kier molecular flexibility index (Phi) is 6.29. The summed E-state index contributed by atoms with van der Waals surface area (Å²) >= 11 is 0. The highest BCUT2D eigenvalue weighted by Gasteiger charge is 2.27. The second kappa shape index (κ2) is 8.91. The van der Waals surface area contributed by atoms with E-state index >= 15 is 0 Å². The normalized spacial score (nSPS) is 12.2. The third kappa shape index (κ3) is 5.22. The second-order valence-corrected chi connectivity index (χ2v) is 8.21. The molecule has 1 atom stereocenters. The van der Waals surface area contributed by atoms with E-state index < -0.39 is 23.6 Å². The lowest BCUT2D eigenvalue weighted by molar-refractivity contribution is -0.137. The van der Waals surface area contributed by atoms with Gasteiger partial charge in [-0.05, 0) is 23.8 Å². The zero-order chi connectivity index (χ0) is 22.6. The molecule has 3 N–H and O–H groups in total. The molecule has 0 saturated carbocycles. The fraction of sp³-hybridized carbons (Fsp3) is 0.261. The summed E-state index contributed by atoms with van der Waals surface area (Å²) < 4.78 is 1.53. The van der Waals surface area contributed by atoms with Crippen LogP contribution in [-0.4, -0.2) is 38.4 Å². The Bertz CT molecular complexity index is 1100.